The van der Waals surface area contributed by atoms with Crippen molar-refractivity contribution in [3.63, 3.8) is 0 Å². The molecule has 2 aromatic rings. The highest BCUT2D eigenvalue weighted by Gasteiger charge is 2.09. The minimum atomic E-state index is -0.558. The van der Waals surface area contributed by atoms with Crippen molar-refractivity contribution in [2.75, 3.05) is 6.61 Å². The summed E-state index contributed by atoms with van der Waals surface area (Å²) in [6.45, 7) is -0.318. The molecule has 0 radical (unpaired) electrons. The van der Waals surface area contributed by atoms with E-state index in [0.717, 1.165) is 0 Å². The van der Waals surface area contributed by atoms with Crippen LogP contribution in [0.15, 0.2) is 48.5 Å². The Hall–Kier alpha value is -3.13. The van der Waals surface area contributed by atoms with E-state index in [0.29, 0.717) is 16.3 Å². The third-order valence-corrected chi connectivity index (χ3v) is 3.36. The van der Waals surface area contributed by atoms with E-state index in [1.54, 1.807) is 24.3 Å². The van der Waals surface area contributed by atoms with Gasteiger partial charge in [-0.05, 0) is 17.7 Å². The molecule has 0 spiro atoms. The molecule has 2 N–H and O–H groups in total. The smallest absolute Gasteiger partial charge is 0.276 e. The lowest BCUT2D eigenvalue weighted by Gasteiger charge is -2.09. The van der Waals surface area contributed by atoms with Crippen molar-refractivity contribution in [3.8, 4) is 5.75 Å². The predicted octanol–water partition coefficient (Wildman–Crippen LogP) is 2.02. The molecule has 2 rings (SSSR count). The third kappa shape index (κ3) is 5.78. The lowest BCUT2D eigenvalue weighted by molar-refractivity contribution is -0.384. The van der Waals surface area contributed by atoms with Gasteiger partial charge >= 0.3 is 0 Å². The summed E-state index contributed by atoms with van der Waals surface area (Å²) < 4.78 is 5.23. The first-order valence-electron chi connectivity index (χ1n) is 7.14. The van der Waals surface area contributed by atoms with Crippen molar-refractivity contribution < 1.29 is 19.2 Å². The molecule has 0 fully saturated rings. The number of ether oxygens (including phenoxy) is 1. The van der Waals surface area contributed by atoms with Crippen LogP contribution in [0.25, 0.3) is 0 Å². The zero-order chi connectivity index (χ0) is 18.2. The van der Waals surface area contributed by atoms with Crippen molar-refractivity contribution in [3.05, 3.63) is 69.2 Å². The minimum Gasteiger partial charge on any atom is -0.482 e. The second kappa shape index (κ2) is 8.65. The zero-order valence-electron chi connectivity index (χ0n) is 12.9. The summed E-state index contributed by atoms with van der Waals surface area (Å²) in [5.41, 5.74) is 4.95. The molecule has 0 aliphatic carbocycles. The number of hydrogen-bond donors (Lipinski definition) is 2. The van der Waals surface area contributed by atoms with Crippen LogP contribution in [0, 0.1) is 10.1 Å². The van der Waals surface area contributed by atoms with Crippen molar-refractivity contribution in [1.29, 1.82) is 0 Å². The van der Waals surface area contributed by atoms with Gasteiger partial charge in [0.1, 0.15) is 5.75 Å². The average Bonchev–Trinajstić information content (AvgIpc) is 2.59. The average molecular weight is 364 g/mol. The number of para-hydroxylation sites is 1. The third-order valence-electron chi connectivity index (χ3n) is 3.05. The van der Waals surface area contributed by atoms with Crippen molar-refractivity contribution in [2.45, 2.75) is 6.42 Å². The van der Waals surface area contributed by atoms with Gasteiger partial charge in [0.2, 0.25) is 5.91 Å². The highest BCUT2D eigenvalue weighted by molar-refractivity contribution is 6.32. The molecule has 2 amide bonds. The molecule has 0 aromatic heterocycles. The fourth-order valence-corrected chi connectivity index (χ4v) is 2.04. The maximum atomic E-state index is 11.7. The zero-order valence-corrected chi connectivity index (χ0v) is 13.7. The molecular formula is C16H14ClN3O5. The van der Waals surface area contributed by atoms with Gasteiger partial charge in [0.05, 0.1) is 16.4 Å². The second-order valence-electron chi connectivity index (χ2n) is 4.92. The molecule has 0 saturated heterocycles. The van der Waals surface area contributed by atoms with E-state index in [2.05, 4.69) is 10.9 Å². The van der Waals surface area contributed by atoms with Gasteiger partial charge in [0.15, 0.2) is 6.61 Å². The van der Waals surface area contributed by atoms with Gasteiger partial charge in [-0.25, -0.2) is 0 Å². The lowest BCUT2D eigenvalue weighted by Crippen LogP contribution is -2.44. The Morgan fingerprint density at radius 3 is 2.32 bits per heavy atom. The maximum absolute atomic E-state index is 11.7. The van der Waals surface area contributed by atoms with E-state index in [-0.39, 0.29) is 18.7 Å². The summed E-state index contributed by atoms with van der Waals surface area (Å²) in [6.07, 6.45) is -0.0381. The first-order chi connectivity index (χ1) is 12.0. The molecule has 25 heavy (non-hydrogen) atoms. The highest BCUT2D eigenvalue weighted by Crippen LogP contribution is 2.22. The number of hydrazine groups is 1. The van der Waals surface area contributed by atoms with Gasteiger partial charge in [0.25, 0.3) is 11.6 Å². The SMILES string of the molecule is O=C(COc1ccccc1Cl)NNC(=O)Cc1ccc([N+](=O)[O-])cc1. The minimum absolute atomic E-state index is 0.0381. The van der Waals surface area contributed by atoms with E-state index in [4.69, 9.17) is 16.3 Å². The van der Waals surface area contributed by atoms with Crippen LogP contribution in [0.5, 0.6) is 5.75 Å². The Balaban J connectivity index is 1.74. The van der Waals surface area contributed by atoms with E-state index < -0.39 is 16.7 Å². The molecule has 0 saturated carbocycles. The Bertz CT molecular complexity index is 780. The molecule has 2 aromatic carbocycles. The van der Waals surface area contributed by atoms with Gasteiger partial charge in [0, 0.05) is 12.1 Å². The number of carbonyl (C=O) groups is 2. The second-order valence-corrected chi connectivity index (χ2v) is 5.32. The standard InChI is InChI=1S/C16H14ClN3O5/c17-13-3-1-2-4-14(13)25-10-16(22)19-18-15(21)9-11-5-7-12(8-6-11)20(23)24/h1-8H,9-10H2,(H,18,21)(H,19,22). The molecule has 0 aliphatic heterocycles. The first kappa shape index (κ1) is 18.2. The molecule has 0 aliphatic rings. The number of nitrogens with one attached hydrogen (secondary N) is 2. The van der Waals surface area contributed by atoms with Crippen LogP contribution in [0.3, 0.4) is 0 Å². The van der Waals surface area contributed by atoms with Gasteiger partial charge < -0.3 is 4.74 Å². The molecule has 0 unspecified atom stereocenters. The fourth-order valence-electron chi connectivity index (χ4n) is 1.85. The number of nitrogens with zero attached hydrogens (tertiary/aromatic N) is 1. The number of rotatable bonds is 6. The first-order valence-corrected chi connectivity index (χ1v) is 7.52. The number of hydrogen-bond acceptors (Lipinski definition) is 5. The number of nitro groups is 1. The topological polar surface area (TPSA) is 111 Å². The van der Waals surface area contributed by atoms with Crippen LogP contribution in [-0.2, 0) is 16.0 Å². The molecule has 0 heterocycles. The Morgan fingerprint density at radius 1 is 1.04 bits per heavy atom. The van der Waals surface area contributed by atoms with E-state index in [1.165, 1.54) is 24.3 Å². The number of carbonyl (C=O) groups excluding carboxylic acids is 2. The Morgan fingerprint density at radius 2 is 1.68 bits per heavy atom. The quantitative estimate of drug-likeness (QED) is 0.602. The lowest BCUT2D eigenvalue weighted by atomic mass is 10.1. The van der Waals surface area contributed by atoms with Gasteiger partial charge in [-0.2, -0.15) is 0 Å². The number of nitro benzene ring substituents is 1. The van der Waals surface area contributed by atoms with Crippen LogP contribution >= 0.6 is 11.6 Å². The summed E-state index contributed by atoms with van der Waals surface area (Å²) in [6, 6.07) is 12.2. The van der Waals surface area contributed by atoms with Gasteiger partial charge in [-0.1, -0.05) is 35.9 Å². The number of amides is 2. The van der Waals surface area contributed by atoms with E-state index in [1.807, 2.05) is 0 Å². The largest absolute Gasteiger partial charge is 0.482 e. The monoisotopic (exact) mass is 363 g/mol. The van der Waals surface area contributed by atoms with Crippen LogP contribution < -0.4 is 15.6 Å². The summed E-state index contributed by atoms with van der Waals surface area (Å²) in [4.78, 5) is 33.4. The van der Waals surface area contributed by atoms with Crippen LogP contribution in [-0.4, -0.2) is 23.3 Å². The number of non-ortho nitro benzene ring substituents is 1. The number of halogens is 1. The molecule has 0 atom stereocenters. The highest BCUT2D eigenvalue weighted by atomic mass is 35.5. The maximum Gasteiger partial charge on any atom is 0.276 e. The molecule has 130 valence electrons. The Labute approximate surface area is 147 Å². The van der Waals surface area contributed by atoms with Crippen molar-refractivity contribution >= 4 is 29.1 Å². The predicted molar refractivity (Wildman–Crippen MR) is 90.0 cm³/mol. The fraction of sp³-hybridized carbons (Fsp3) is 0.125. The summed E-state index contributed by atoms with van der Waals surface area (Å²) in [5.74, 6) is -0.673. The van der Waals surface area contributed by atoms with Crippen LogP contribution in [0.2, 0.25) is 5.02 Å². The molecule has 9 heteroatoms. The van der Waals surface area contributed by atoms with Crippen LogP contribution in [0.1, 0.15) is 5.56 Å². The van der Waals surface area contributed by atoms with Crippen molar-refractivity contribution in [2.24, 2.45) is 0 Å². The van der Waals surface area contributed by atoms with Gasteiger partial charge in [-0.3, -0.25) is 30.6 Å². The summed E-state index contributed by atoms with van der Waals surface area (Å²) in [7, 11) is 0. The summed E-state index contributed by atoms with van der Waals surface area (Å²) >= 11 is 5.89. The van der Waals surface area contributed by atoms with Gasteiger partial charge in [-0.15, -0.1) is 0 Å². The van der Waals surface area contributed by atoms with Crippen LogP contribution in [0.4, 0.5) is 5.69 Å². The Kier molecular flexibility index (Phi) is 6.30. The van der Waals surface area contributed by atoms with E-state index in [9.17, 15) is 19.7 Å². The number of benzene rings is 2. The van der Waals surface area contributed by atoms with Crippen molar-refractivity contribution in [1.82, 2.24) is 10.9 Å². The normalized spacial score (nSPS) is 9.96. The molecule has 0 bridgehead atoms. The molecule has 8 nitrogen and oxygen atoms in total. The molecular weight excluding hydrogens is 350 g/mol. The summed E-state index contributed by atoms with van der Waals surface area (Å²) in [5, 5.41) is 10.9. The van der Waals surface area contributed by atoms with E-state index >= 15 is 0 Å².